The molecule has 0 aromatic rings. The molecule has 0 saturated carbocycles. The van der Waals surface area contributed by atoms with Crippen LogP contribution in [0.15, 0.2) is 97.2 Å². The summed E-state index contributed by atoms with van der Waals surface area (Å²) in [5.41, 5.74) is 0. The smallest absolute Gasteiger partial charge is 0.306 e. The van der Waals surface area contributed by atoms with Crippen molar-refractivity contribution in [1.82, 2.24) is 0 Å². The summed E-state index contributed by atoms with van der Waals surface area (Å²) in [4.78, 5) is 37.6. The summed E-state index contributed by atoms with van der Waals surface area (Å²) in [6.45, 7) is 4.03. The zero-order valence-electron chi connectivity index (χ0n) is 41.2. The van der Waals surface area contributed by atoms with Gasteiger partial charge >= 0.3 is 11.9 Å². The Balaban J connectivity index is 4.24. The largest absolute Gasteiger partial charge is 0.756 e. The Kier molecular flexibility index (Phi) is 42.9. The third kappa shape index (κ3) is 48.4. The van der Waals surface area contributed by atoms with E-state index in [0.29, 0.717) is 23.9 Å². The first kappa shape index (κ1) is 60.9. The van der Waals surface area contributed by atoms with E-state index in [-0.39, 0.29) is 26.1 Å². The first-order valence-electron chi connectivity index (χ1n) is 24.9. The maximum absolute atomic E-state index is 12.7. The van der Waals surface area contributed by atoms with E-state index in [4.69, 9.17) is 18.5 Å². The molecule has 0 bridgehead atoms. The fourth-order valence-electron chi connectivity index (χ4n) is 6.20. The molecule has 366 valence electrons. The van der Waals surface area contributed by atoms with Gasteiger partial charge in [-0.15, -0.1) is 0 Å². The lowest BCUT2D eigenvalue weighted by molar-refractivity contribution is -0.870. The zero-order chi connectivity index (χ0) is 47.1. The van der Waals surface area contributed by atoms with Crippen LogP contribution in [0, 0.1) is 0 Å². The van der Waals surface area contributed by atoms with Gasteiger partial charge in [0.05, 0.1) is 27.7 Å². The van der Waals surface area contributed by atoms with E-state index in [9.17, 15) is 19.0 Å². The predicted octanol–water partition coefficient (Wildman–Crippen LogP) is 14.3. The first-order valence-corrected chi connectivity index (χ1v) is 26.4. The normalized spacial score (nSPS) is 14.3. The minimum absolute atomic E-state index is 0.0395. The summed E-state index contributed by atoms with van der Waals surface area (Å²) in [5.74, 6) is -0.867. The lowest BCUT2D eigenvalue weighted by Crippen LogP contribution is -2.37. The number of likely N-dealkylation sites (N-methyl/N-ethyl adjacent to an activating group) is 1. The number of nitrogens with zero attached hydrogens (tertiary/aromatic N) is 1. The maximum Gasteiger partial charge on any atom is 0.306 e. The second-order valence-corrected chi connectivity index (χ2v) is 18.9. The standard InChI is InChI=1S/C54H92NO8P/c1-6-8-10-12-14-16-18-19-20-21-22-23-24-25-26-27-28-29-30-31-32-33-34-35-37-39-41-43-45-47-54(57)63-52(51-62-64(58,59)61-49-48-55(3,4)5)50-60-53(56)46-44-42-40-38-36-17-15-13-11-9-7-2/h8,10,13-16,19-20,22-23,25-26,28-29,31-32,52H,6-7,9,11-12,17-18,21,24,27,30,33-51H2,1-5H3/b10-8-,15-13-,16-14-,20-19-,23-22-,26-25-,29-28-,32-31-. The topological polar surface area (TPSA) is 111 Å². The third-order valence-electron chi connectivity index (χ3n) is 10.1. The molecule has 0 aliphatic rings. The Morgan fingerprint density at radius 3 is 1.34 bits per heavy atom. The molecule has 9 nitrogen and oxygen atoms in total. The monoisotopic (exact) mass is 914 g/mol. The van der Waals surface area contributed by atoms with E-state index in [2.05, 4.69) is 111 Å². The molecule has 0 spiro atoms. The van der Waals surface area contributed by atoms with Crippen LogP contribution in [-0.2, 0) is 32.7 Å². The number of ether oxygens (including phenoxy) is 2. The molecule has 0 fully saturated rings. The third-order valence-corrected chi connectivity index (χ3v) is 11.1. The van der Waals surface area contributed by atoms with Gasteiger partial charge in [0.2, 0.25) is 0 Å². The molecule has 2 unspecified atom stereocenters. The van der Waals surface area contributed by atoms with E-state index in [1.165, 1.54) is 32.1 Å². The predicted molar refractivity (Wildman–Crippen MR) is 268 cm³/mol. The van der Waals surface area contributed by atoms with Crippen molar-refractivity contribution in [3.05, 3.63) is 97.2 Å². The van der Waals surface area contributed by atoms with Crippen LogP contribution in [0.25, 0.3) is 0 Å². The molecule has 0 radical (unpaired) electrons. The summed E-state index contributed by atoms with van der Waals surface area (Å²) in [6, 6.07) is 0. The number of hydrogen-bond donors (Lipinski definition) is 0. The van der Waals surface area contributed by atoms with Crippen molar-refractivity contribution in [3.63, 3.8) is 0 Å². The molecule has 0 saturated heterocycles. The highest BCUT2D eigenvalue weighted by Gasteiger charge is 2.21. The fourth-order valence-corrected chi connectivity index (χ4v) is 6.93. The van der Waals surface area contributed by atoms with Gasteiger partial charge in [-0.25, -0.2) is 0 Å². The number of carbonyl (C=O) groups is 2. The number of allylic oxidation sites excluding steroid dienone is 16. The van der Waals surface area contributed by atoms with Gasteiger partial charge in [-0.1, -0.05) is 175 Å². The van der Waals surface area contributed by atoms with Crippen LogP contribution in [0.1, 0.15) is 181 Å². The number of phosphoric acid groups is 1. The highest BCUT2D eigenvalue weighted by Crippen LogP contribution is 2.38. The summed E-state index contributed by atoms with van der Waals surface area (Å²) in [5, 5.41) is 0. The minimum Gasteiger partial charge on any atom is -0.756 e. The van der Waals surface area contributed by atoms with E-state index in [0.717, 1.165) is 109 Å². The highest BCUT2D eigenvalue weighted by molar-refractivity contribution is 7.45. The lowest BCUT2D eigenvalue weighted by Gasteiger charge is -2.28. The van der Waals surface area contributed by atoms with Crippen LogP contribution < -0.4 is 4.89 Å². The maximum atomic E-state index is 12.7. The molecule has 0 aromatic carbocycles. The van der Waals surface area contributed by atoms with Gasteiger partial charge in [-0.2, -0.15) is 0 Å². The zero-order valence-corrected chi connectivity index (χ0v) is 42.1. The second-order valence-electron chi connectivity index (χ2n) is 17.4. The molecule has 0 rings (SSSR count). The van der Waals surface area contributed by atoms with Crippen LogP contribution >= 0.6 is 7.82 Å². The van der Waals surface area contributed by atoms with Crippen LogP contribution in [0.5, 0.6) is 0 Å². The van der Waals surface area contributed by atoms with Crippen molar-refractivity contribution in [2.45, 2.75) is 187 Å². The van der Waals surface area contributed by atoms with Crippen LogP contribution in [0.3, 0.4) is 0 Å². The molecule has 2 atom stereocenters. The fraction of sp³-hybridized carbons (Fsp3) is 0.667. The van der Waals surface area contributed by atoms with E-state index < -0.39 is 32.5 Å². The first-order chi connectivity index (χ1) is 31.0. The van der Waals surface area contributed by atoms with Crippen molar-refractivity contribution < 1.29 is 42.1 Å². The van der Waals surface area contributed by atoms with Crippen LogP contribution in [-0.4, -0.2) is 70.0 Å². The Labute approximate surface area is 392 Å². The van der Waals surface area contributed by atoms with Crippen molar-refractivity contribution in [1.29, 1.82) is 0 Å². The summed E-state index contributed by atoms with van der Waals surface area (Å²) in [6.07, 6.45) is 60.2. The van der Waals surface area contributed by atoms with Crippen molar-refractivity contribution in [2.24, 2.45) is 0 Å². The van der Waals surface area contributed by atoms with E-state index in [1.54, 1.807) is 0 Å². The molecule has 0 aromatic heterocycles. The number of carbonyl (C=O) groups excluding carboxylic acids is 2. The number of phosphoric ester groups is 1. The van der Waals surface area contributed by atoms with Crippen LogP contribution in [0.2, 0.25) is 0 Å². The van der Waals surface area contributed by atoms with Crippen molar-refractivity contribution in [3.8, 4) is 0 Å². The van der Waals surface area contributed by atoms with E-state index >= 15 is 0 Å². The lowest BCUT2D eigenvalue weighted by atomic mass is 10.1. The number of rotatable bonds is 44. The van der Waals surface area contributed by atoms with Crippen LogP contribution in [0.4, 0.5) is 0 Å². The SMILES string of the molecule is CC/C=C\C/C=C\C/C=C\C/C=C\C/C=C\C/C=C\C/C=C\CCCCCCCCCC(=O)OC(COC(=O)CCCCCCC/C=C\CCCC)COP(=O)([O-])OCC[N+](C)(C)C. The average molecular weight is 914 g/mol. The molecule has 0 amide bonds. The summed E-state index contributed by atoms with van der Waals surface area (Å²) < 4.78 is 33.9. The van der Waals surface area contributed by atoms with Gasteiger partial charge in [0.25, 0.3) is 7.82 Å². The number of esters is 2. The number of hydrogen-bond acceptors (Lipinski definition) is 8. The number of unbranched alkanes of at least 4 members (excludes halogenated alkanes) is 14. The molecule has 0 aliphatic heterocycles. The minimum atomic E-state index is -4.64. The summed E-state index contributed by atoms with van der Waals surface area (Å²) in [7, 11) is 1.14. The Morgan fingerprint density at radius 1 is 0.500 bits per heavy atom. The Hall–Kier alpha value is -3.07. The number of quaternary nitrogens is 1. The Bertz CT molecular complexity index is 1400. The molecule has 0 aliphatic carbocycles. The van der Waals surface area contributed by atoms with Gasteiger partial charge in [-0.05, 0) is 89.9 Å². The quantitative estimate of drug-likeness (QED) is 0.0195. The highest BCUT2D eigenvalue weighted by atomic mass is 31.2. The van der Waals surface area contributed by atoms with Gasteiger partial charge in [0.15, 0.2) is 6.10 Å². The molecule has 10 heteroatoms. The molecule has 0 heterocycles. The second kappa shape index (κ2) is 45.1. The van der Waals surface area contributed by atoms with E-state index in [1.807, 2.05) is 21.1 Å². The van der Waals surface area contributed by atoms with Gasteiger partial charge in [0, 0.05) is 12.8 Å². The summed E-state index contributed by atoms with van der Waals surface area (Å²) >= 11 is 0. The van der Waals surface area contributed by atoms with Gasteiger partial charge in [0.1, 0.15) is 19.8 Å². The van der Waals surface area contributed by atoms with Crippen molar-refractivity contribution >= 4 is 19.8 Å². The van der Waals surface area contributed by atoms with Gasteiger partial charge in [-0.3, -0.25) is 14.2 Å². The molecule has 0 N–H and O–H groups in total. The Morgan fingerprint density at radius 2 is 0.891 bits per heavy atom. The molecular weight excluding hydrogens is 822 g/mol. The molecule has 64 heavy (non-hydrogen) atoms. The van der Waals surface area contributed by atoms with Crippen molar-refractivity contribution in [2.75, 3.05) is 47.5 Å². The average Bonchev–Trinajstić information content (AvgIpc) is 3.25. The van der Waals surface area contributed by atoms with Gasteiger partial charge < -0.3 is 27.9 Å². The molecular formula is C54H92NO8P.